The molecule has 1 heterocycles. The van der Waals surface area contributed by atoms with E-state index >= 15 is 0 Å². The summed E-state index contributed by atoms with van der Waals surface area (Å²) in [6.07, 6.45) is -0.327. The molecule has 1 rings (SSSR count). The van der Waals surface area contributed by atoms with Gasteiger partial charge in [0.15, 0.2) is 0 Å². The zero-order chi connectivity index (χ0) is 6.85. The van der Waals surface area contributed by atoms with E-state index in [0.717, 1.165) is 4.43 Å². The van der Waals surface area contributed by atoms with Crippen LogP contribution in [0.3, 0.4) is 0 Å². The van der Waals surface area contributed by atoms with Crippen molar-refractivity contribution in [1.29, 1.82) is 0 Å². The Morgan fingerprint density at radius 3 is 2.44 bits per heavy atom. The fourth-order valence-electron chi connectivity index (χ4n) is 0.984. The average Bonchev–Trinajstić information content (AvgIpc) is 2.10. The highest BCUT2D eigenvalue weighted by molar-refractivity contribution is 14.1. The first kappa shape index (κ1) is 7.71. The van der Waals surface area contributed by atoms with E-state index in [0.29, 0.717) is 13.1 Å². The predicted molar refractivity (Wildman–Crippen MR) is 41.7 cm³/mol. The number of hydrogen-bond acceptors (Lipinski definition) is 3. The SMILES string of the molecule is O[C@H]1CN(O)C[C@H]1CI. The maximum atomic E-state index is 9.15. The third-order valence-electron chi connectivity index (χ3n) is 1.59. The Hall–Kier alpha value is 0.610. The van der Waals surface area contributed by atoms with E-state index < -0.39 is 0 Å². The van der Waals surface area contributed by atoms with Gasteiger partial charge in [0.25, 0.3) is 0 Å². The number of aliphatic hydroxyl groups excluding tert-OH is 1. The molecule has 0 amide bonds. The Morgan fingerprint density at radius 2 is 2.22 bits per heavy atom. The van der Waals surface area contributed by atoms with Gasteiger partial charge in [0, 0.05) is 16.9 Å². The largest absolute Gasteiger partial charge is 0.391 e. The first-order valence-corrected chi connectivity index (χ1v) is 4.44. The monoisotopic (exact) mass is 243 g/mol. The third-order valence-corrected chi connectivity index (χ3v) is 2.72. The summed E-state index contributed by atoms with van der Waals surface area (Å²) < 4.78 is 0.913. The highest BCUT2D eigenvalue weighted by Gasteiger charge is 2.28. The minimum absolute atomic E-state index is 0.260. The second-order valence-electron chi connectivity index (χ2n) is 2.35. The number of hydroxylamine groups is 2. The standard InChI is InChI=1S/C5H10INO2/c6-1-4-2-7(9)3-5(4)8/h4-5,8-9H,1-3H2/t4-,5+/m1/s1. The van der Waals surface area contributed by atoms with E-state index in [1.165, 1.54) is 5.06 Å². The Morgan fingerprint density at radius 1 is 1.56 bits per heavy atom. The van der Waals surface area contributed by atoms with Gasteiger partial charge in [-0.05, 0) is 0 Å². The summed E-state index contributed by atoms with van der Waals surface area (Å²) in [6.45, 7) is 1.03. The van der Waals surface area contributed by atoms with Crippen LogP contribution in [-0.4, -0.2) is 39.0 Å². The highest BCUT2D eigenvalue weighted by atomic mass is 127. The normalized spacial score (nSPS) is 37.7. The summed E-state index contributed by atoms with van der Waals surface area (Å²) in [4.78, 5) is 0. The molecule has 0 bridgehead atoms. The molecule has 0 aliphatic carbocycles. The van der Waals surface area contributed by atoms with Gasteiger partial charge in [0.05, 0.1) is 12.6 Å². The molecule has 3 nitrogen and oxygen atoms in total. The Balaban J connectivity index is 2.38. The molecular formula is C5H10INO2. The number of aliphatic hydroxyl groups is 1. The smallest absolute Gasteiger partial charge is 0.0738 e. The number of nitrogens with zero attached hydrogens (tertiary/aromatic N) is 1. The molecule has 1 aliphatic rings. The molecule has 4 heteroatoms. The molecule has 0 unspecified atom stereocenters. The number of β-amino-alcohol motifs (C(OH)–C–C–N with tert-alkyl or cyclic N) is 1. The Bertz CT molecular complexity index is 101. The quantitative estimate of drug-likeness (QED) is 0.507. The predicted octanol–water partition coefficient (Wildman–Crippen LogP) is 0.103. The number of rotatable bonds is 1. The fraction of sp³-hybridized carbons (Fsp3) is 1.00. The van der Waals surface area contributed by atoms with Crippen molar-refractivity contribution in [3.63, 3.8) is 0 Å². The minimum atomic E-state index is -0.327. The van der Waals surface area contributed by atoms with Crippen LogP contribution in [0.4, 0.5) is 0 Å². The molecule has 1 aliphatic heterocycles. The molecule has 2 atom stereocenters. The van der Waals surface area contributed by atoms with Crippen molar-refractivity contribution in [2.45, 2.75) is 6.10 Å². The maximum Gasteiger partial charge on any atom is 0.0738 e. The fourth-order valence-corrected chi connectivity index (χ4v) is 1.85. The summed E-state index contributed by atoms with van der Waals surface area (Å²) in [7, 11) is 0. The van der Waals surface area contributed by atoms with Crippen LogP contribution < -0.4 is 0 Å². The van der Waals surface area contributed by atoms with E-state index in [-0.39, 0.29) is 12.0 Å². The zero-order valence-electron chi connectivity index (χ0n) is 5.00. The van der Waals surface area contributed by atoms with Crippen molar-refractivity contribution in [2.75, 3.05) is 17.5 Å². The van der Waals surface area contributed by atoms with Crippen LogP contribution in [0.1, 0.15) is 0 Å². The lowest BCUT2D eigenvalue weighted by molar-refractivity contribution is -0.0767. The first-order chi connectivity index (χ1) is 4.24. The third kappa shape index (κ3) is 1.76. The maximum absolute atomic E-state index is 9.15. The van der Waals surface area contributed by atoms with Crippen molar-refractivity contribution >= 4 is 22.6 Å². The molecule has 0 radical (unpaired) electrons. The second-order valence-corrected chi connectivity index (χ2v) is 3.23. The van der Waals surface area contributed by atoms with Gasteiger partial charge in [0.1, 0.15) is 0 Å². The van der Waals surface area contributed by atoms with Crippen LogP contribution in [0.15, 0.2) is 0 Å². The molecule has 0 saturated carbocycles. The minimum Gasteiger partial charge on any atom is -0.391 e. The van der Waals surface area contributed by atoms with E-state index in [9.17, 15) is 0 Å². The summed E-state index contributed by atoms with van der Waals surface area (Å²) in [6, 6.07) is 0. The van der Waals surface area contributed by atoms with Gasteiger partial charge in [-0.2, -0.15) is 5.06 Å². The second kappa shape index (κ2) is 3.14. The van der Waals surface area contributed by atoms with Gasteiger partial charge in [-0.1, -0.05) is 22.6 Å². The van der Waals surface area contributed by atoms with E-state index in [1.54, 1.807) is 0 Å². The summed E-state index contributed by atoms with van der Waals surface area (Å²) in [5, 5.41) is 19.2. The molecule has 54 valence electrons. The van der Waals surface area contributed by atoms with E-state index in [2.05, 4.69) is 22.6 Å². The highest BCUT2D eigenvalue weighted by Crippen LogP contribution is 2.16. The van der Waals surface area contributed by atoms with Crippen LogP contribution >= 0.6 is 22.6 Å². The van der Waals surface area contributed by atoms with Gasteiger partial charge in [-0.25, -0.2) is 0 Å². The molecule has 0 aromatic rings. The van der Waals surface area contributed by atoms with Crippen LogP contribution in [0.2, 0.25) is 0 Å². The lowest BCUT2D eigenvalue weighted by Crippen LogP contribution is -2.18. The lowest BCUT2D eigenvalue weighted by Gasteiger charge is -2.06. The zero-order valence-corrected chi connectivity index (χ0v) is 7.15. The number of halogens is 1. The van der Waals surface area contributed by atoms with Crippen LogP contribution in [-0.2, 0) is 0 Å². The van der Waals surface area contributed by atoms with Crippen molar-refractivity contribution in [3.8, 4) is 0 Å². The first-order valence-electron chi connectivity index (χ1n) is 2.92. The van der Waals surface area contributed by atoms with Gasteiger partial charge in [-0.15, -0.1) is 0 Å². The van der Waals surface area contributed by atoms with Crippen molar-refractivity contribution in [3.05, 3.63) is 0 Å². The van der Waals surface area contributed by atoms with Crippen molar-refractivity contribution in [1.82, 2.24) is 5.06 Å². The average molecular weight is 243 g/mol. The Kier molecular flexibility index (Phi) is 2.69. The van der Waals surface area contributed by atoms with Gasteiger partial charge >= 0.3 is 0 Å². The molecule has 0 aromatic carbocycles. The van der Waals surface area contributed by atoms with Gasteiger partial charge in [-0.3, -0.25) is 0 Å². The van der Waals surface area contributed by atoms with E-state index in [4.69, 9.17) is 10.3 Å². The van der Waals surface area contributed by atoms with Crippen LogP contribution in [0.5, 0.6) is 0 Å². The van der Waals surface area contributed by atoms with Crippen molar-refractivity contribution < 1.29 is 10.3 Å². The lowest BCUT2D eigenvalue weighted by atomic mass is 10.1. The molecule has 0 aromatic heterocycles. The number of hydrogen-bond donors (Lipinski definition) is 2. The summed E-state index contributed by atoms with van der Waals surface area (Å²) in [5.41, 5.74) is 0. The van der Waals surface area contributed by atoms with Crippen LogP contribution in [0.25, 0.3) is 0 Å². The molecule has 1 saturated heterocycles. The molecule has 1 fully saturated rings. The van der Waals surface area contributed by atoms with Gasteiger partial charge < -0.3 is 10.3 Å². The van der Waals surface area contributed by atoms with E-state index in [1.807, 2.05) is 0 Å². The van der Waals surface area contributed by atoms with Gasteiger partial charge in [0.2, 0.25) is 0 Å². The molecule has 0 spiro atoms. The van der Waals surface area contributed by atoms with Crippen molar-refractivity contribution in [2.24, 2.45) is 5.92 Å². The topological polar surface area (TPSA) is 43.7 Å². The van der Waals surface area contributed by atoms with Crippen LogP contribution in [0, 0.1) is 5.92 Å². The number of alkyl halides is 1. The summed E-state index contributed by atoms with van der Waals surface area (Å²) >= 11 is 2.22. The molecular weight excluding hydrogens is 233 g/mol. The summed E-state index contributed by atoms with van der Waals surface area (Å²) in [5.74, 6) is 0.260. The molecule has 9 heavy (non-hydrogen) atoms. The Labute approximate surface area is 67.8 Å². The molecule has 2 N–H and O–H groups in total.